The van der Waals surface area contributed by atoms with Gasteiger partial charge in [-0.15, -0.1) is 0 Å². The van der Waals surface area contributed by atoms with E-state index in [0.717, 1.165) is 62.0 Å². The monoisotopic (exact) mass is 449 g/mol. The van der Waals surface area contributed by atoms with Gasteiger partial charge in [0.05, 0.1) is 24.2 Å². The number of hydrogen-bond acceptors (Lipinski definition) is 4. The average Bonchev–Trinajstić information content (AvgIpc) is 3.34. The lowest BCUT2D eigenvalue weighted by Gasteiger charge is -2.21. The highest BCUT2D eigenvalue weighted by molar-refractivity contribution is 5.54. The number of nitriles is 1. The number of hydrogen-bond donors (Lipinski definition) is 0. The number of benzene rings is 2. The van der Waals surface area contributed by atoms with Crippen LogP contribution in [0.15, 0.2) is 42.5 Å². The van der Waals surface area contributed by atoms with Crippen LogP contribution in [0.5, 0.6) is 17.2 Å². The van der Waals surface area contributed by atoms with E-state index in [9.17, 15) is 5.26 Å². The van der Waals surface area contributed by atoms with Gasteiger partial charge in [-0.3, -0.25) is 0 Å². The third-order valence-corrected chi connectivity index (χ3v) is 6.32. The Labute approximate surface area is 199 Å². The van der Waals surface area contributed by atoms with Gasteiger partial charge in [0.2, 0.25) is 5.75 Å². The summed E-state index contributed by atoms with van der Waals surface area (Å²) < 4.78 is 19.0. The van der Waals surface area contributed by atoms with Crippen LogP contribution in [0.3, 0.4) is 0 Å². The molecule has 0 radical (unpaired) electrons. The Balaban J connectivity index is 1.69. The molecule has 178 valence electrons. The first-order chi connectivity index (χ1) is 16.0. The quantitative estimate of drug-likeness (QED) is 0.295. The lowest BCUT2D eigenvalue weighted by atomic mass is 9.89. The second-order valence-corrected chi connectivity index (χ2v) is 9.73. The lowest BCUT2D eigenvalue weighted by Crippen LogP contribution is -2.13. The maximum absolute atomic E-state index is 9.19. The Morgan fingerprint density at radius 2 is 1.67 bits per heavy atom. The molecule has 2 aromatic rings. The average molecular weight is 450 g/mol. The number of unbranched alkanes of at least 4 members (excludes halogenated alkanes) is 2. The van der Waals surface area contributed by atoms with Crippen molar-refractivity contribution in [3.8, 4) is 23.3 Å². The van der Waals surface area contributed by atoms with Crippen molar-refractivity contribution < 1.29 is 14.2 Å². The minimum Gasteiger partial charge on any atom is -0.490 e. The highest BCUT2D eigenvalue weighted by Crippen LogP contribution is 2.41. The first-order valence-corrected chi connectivity index (χ1v) is 12.5. The number of aryl methyl sites for hydroxylation is 1. The summed E-state index contributed by atoms with van der Waals surface area (Å²) in [5.41, 5.74) is 2.07. The Kier molecular flexibility index (Phi) is 9.48. The predicted molar refractivity (Wildman–Crippen MR) is 133 cm³/mol. The van der Waals surface area contributed by atoms with E-state index in [1.54, 1.807) is 0 Å². The van der Waals surface area contributed by atoms with Gasteiger partial charge in [-0.2, -0.15) is 5.26 Å². The third kappa shape index (κ3) is 8.00. The van der Waals surface area contributed by atoms with Crippen LogP contribution < -0.4 is 14.2 Å². The Morgan fingerprint density at radius 3 is 2.36 bits per heavy atom. The van der Waals surface area contributed by atoms with Crippen LogP contribution in [-0.4, -0.2) is 12.7 Å². The number of rotatable bonds is 13. The molecule has 1 fully saturated rings. The molecular weight excluding hydrogens is 410 g/mol. The molecule has 0 amide bonds. The summed E-state index contributed by atoms with van der Waals surface area (Å²) in [6, 6.07) is 16.8. The maximum Gasteiger partial charge on any atom is 0.203 e. The van der Waals surface area contributed by atoms with Crippen molar-refractivity contribution in [2.24, 2.45) is 5.41 Å². The van der Waals surface area contributed by atoms with E-state index in [1.807, 2.05) is 32.0 Å². The van der Waals surface area contributed by atoms with Crippen LogP contribution in [0.25, 0.3) is 0 Å². The van der Waals surface area contributed by atoms with E-state index < -0.39 is 0 Å². The van der Waals surface area contributed by atoms with Gasteiger partial charge in [0.25, 0.3) is 0 Å². The van der Waals surface area contributed by atoms with Gasteiger partial charge < -0.3 is 14.2 Å². The van der Waals surface area contributed by atoms with Crippen molar-refractivity contribution in [2.75, 3.05) is 6.61 Å². The molecule has 1 aliphatic carbocycles. The van der Waals surface area contributed by atoms with E-state index in [1.165, 1.54) is 18.4 Å². The smallest absolute Gasteiger partial charge is 0.203 e. The molecular formula is C29H39NO3. The maximum atomic E-state index is 9.19. The molecule has 1 saturated carbocycles. The molecule has 1 aliphatic rings. The Hall–Kier alpha value is -2.67. The summed E-state index contributed by atoms with van der Waals surface area (Å²) >= 11 is 0. The minimum absolute atomic E-state index is 0.249. The molecule has 0 spiro atoms. The van der Waals surface area contributed by atoms with Crippen molar-refractivity contribution in [2.45, 2.75) is 91.3 Å². The van der Waals surface area contributed by atoms with E-state index in [-0.39, 0.29) is 11.5 Å². The fourth-order valence-electron chi connectivity index (χ4n) is 4.17. The first kappa shape index (κ1) is 25.0. The third-order valence-electron chi connectivity index (χ3n) is 6.32. The molecule has 0 bridgehead atoms. The largest absolute Gasteiger partial charge is 0.490 e. The molecule has 0 unspecified atom stereocenters. The molecule has 0 aromatic heterocycles. The second kappa shape index (κ2) is 12.5. The summed E-state index contributed by atoms with van der Waals surface area (Å²) in [7, 11) is 0. The van der Waals surface area contributed by atoms with Crippen LogP contribution in [0, 0.1) is 16.7 Å². The normalized spacial score (nSPS) is 14.1. The molecule has 0 N–H and O–H groups in total. The van der Waals surface area contributed by atoms with Crippen molar-refractivity contribution in [1.29, 1.82) is 5.26 Å². The molecule has 3 rings (SSSR count). The van der Waals surface area contributed by atoms with E-state index in [2.05, 4.69) is 37.3 Å². The summed E-state index contributed by atoms with van der Waals surface area (Å²) in [5, 5.41) is 9.19. The van der Waals surface area contributed by atoms with Crippen LogP contribution in [-0.2, 0) is 13.0 Å². The van der Waals surface area contributed by atoms with Gasteiger partial charge >= 0.3 is 0 Å². The number of nitrogens with zero attached hydrogens (tertiary/aromatic N) is 1. The topological polar surface area (TPSA) is 51.5 Å². The summed E-state index contributed by atoms with van der Waals surface area (Å²) in [4.78, 5) is 0. The fraction of sp³-hybridized carbons (Fsp3) is 0.552. The van der Waals surface area contributed by atoms with Crippen molar-refractivity contribution in [1.82, 2.24) is 0 Å². The predicted octanol–water partition coefficient (Wildman–Crippen LogP) is 7.64. The summed E-state index contributed by atoms with van der Waals surface area (Å²) in [6.07, 6.45) is 9.78. The zero-order chi connectivity index (χ0) is 23.5. The first-order valence-electron chi connectivity index (χ1n) is 12.5. The van der Waals surface area contributed by atoms with Crippen LogP contribution in [0.1, 0.15) is 83.3 Å². The highest BCUT2D eigenvalue weighted by Gasteiger charge is 2.22. The summed E-state index contributed by atoms with van der Waals surface area (Å²) in [5.74, 6) is 2.30. The van der Waals surface area contributed by atoms with Crippen molar-refractivity contribution in [3.63, 3.8) is 0 Å². The minimum atomic E-state index is -0.249. The standard InChI is InChI=1S/C29H39NO3/c1-4-23-19-26(31-18-12-6-11-17-29(2,3)22-30)28(32-21-24-13-7-5-8-14-24)27(20-23)33-25-15-9-10-16-25/h5,7-8,13-14,19-20,25H,4,6,9-12,15-18,21H2,1-3H3. The molecule has 0 heterocycles. The Bertz CT molecular complexity index is 895. The van der Waals surface area contributed by atoms with Crippen LogP contribution in [0.4, 0.5) is 0 Å². The molecule has 0 atom stereocenters. The molecule has 0 aliphatic heterocycles. The van der Waals surface area contributed by atoms with Gasteiger partial charge in [-0.05, 0) is 82.1 Å². The zero-order valence-electron chi connectivity index (χ0n) is 20.6. The Morgan fingerprint density at radius 1 is 0.939 bits per heavy atom. The number of ether oxygens (including phenoxy) is 3. The van der Waals surface area contributed by atoms with Crippen LogP contribution >= 0.6 is 0 Å². The van der Waals surface area contributed by atoms with E-state index in [0.29, 0.717) is 19.0 Å². The van der Waals surface area contributed by atoms with E-state index >= 15 is 0 Å². The molecule has 4 heteroatoms. The van der Waals surface area contributed by atoms with Gasteiger partial charge in [0.1, 0.15) is 6.61 Å². The fourth-order valence-corrected chi connectivity index (χ4v) is 4.17. The van der Waals surface area contributed by atoms with Crippen LogP contribution in [0.2, 0.25) is 0 Å². The van der Waals surface area contributed by atoms with Gasteiger partial charge in [-0.25, -0.2) is 0 Å². The molecule has 33 heavy (non-hydrogen) atoms. The zero-order valence-corrected chi connectivity index (χ0v) is 20.6. The lowest BCUT2D eigenvalue weighted by molar-refractivity contribution is 0.186. The second-order valence-electron chi connectivity index (χ2n) is 9.73. The van der Waals surface area contributed by atoms with Crippen molar-refractivity contribution in [3.05, 3.63) is 53.6 Å². The SMILES string of the molecule is CCc1cc(OCCCCCC(C)(C)C#N)c(OCc2ccccc2)c(OC2CCCC2)c1. The van der Waals surface area contributed by atoms with Gasteiger partial charge in [0.15, 0.2) is 11.5 Å². The molecule has 2 aromatic carbocycles. The van der Waals surface area contributed by atoms with E-state index in [4.69, 9.17) is 14.2 Å². The van der Waals surface area contributed by atoms with Gasteiger partial charge in [-0.1, -0.05) is 50.1 Å². The molecule has 4 nitrogen and oxygen atoms in total. The van der Waals surface area contributed by atoms with Crippen molar-refractivity contribution >= 4 is 0 Å². The summed E-state index contributed by atoms with van der Waals surface area (Å²) in [6.45, 7) is 7.27. The highest BCUT2D eigenvalue weighted by atomic mass is 16.5. The van der Waals surface area contributed by atoms with Gasteiger partial charge in [0, 0.05) is 0 Å². The molecule has 0 saturated heterocycles.